The second-order valence-electron chi connectivity index (χ2n) is 10.7. The minimum Gasteiger partial charge on any atom is -0.493 e. The maximum atomic E-state index is 11.7. The first-order chi connectivity index (χ1) is 20.3. The number of oxazole rings is 1. The molecule has 0 radical (unpaired) electrons. The van der Waals surface area contributed by atoms with E-state index in [1.165, 1.54) is 5.56 Å². The van der Waals surface area contributed by atoms with Gasteiger partial charge < -0.3 is 19.0 Å². The Morgan fingerprint density at radius 2 is 1.50 bits per heavy atom. The summed E-state index contributed by atoms with van der Waals surface area (Å²) < 4.78 is 18.1. The standard InChI is InChI=1S/C36H35NO5/c1-25-32(37-34(41-25)30-16-10-15-28(23-30)27-13-8-5-9-14-27)21-22-40-31-19-20-33(42-36(2,3)35(38)39)29(24-31)18-17-26-11-6-4-7-12-26/h4-16,19-20,23-24H,17-18,21-22H2,1-3H3,(H,38,39). The van der Waals surface area contributed by atoms with Crippen molar-refractivity contribution in [2.45, 2.75) is 45.6 Å². The summed E-state index contributed by atoms with van der Waals surface area (Å²) in [6.45, 7) is 5.43. The summed E-state index contributed by atoms with van der Waals surface area (Å²) in [6.07, 6.45) is 2.05. The Bertz CT molecular complexity index is 1640. The minimum absolute atomic E-state index is 0.413. The number of hydrogen-bond acceptors (Lipinski definition) is 5. The number of carboxylic acid groups (broad SMARTS) is 1. The van der Waals surface area contributed by atoms with Gasteiger partial charge in [-0.05, 0) is 86.2 Å². The fourth-order valence-electron chi connectivity index (χ4n) is 4.69. The molecule has 0 aliphatic heterocycles. The molecule has 5 aromatic rings. The molecular weight excluding hydrogens is 526 g/mol. The lowest BCUT2D eigenvalue weighted by Crippen LogP contribution is -2.38. The van der Waals surface area contributed by atoms with Crippen molar-refractivity contribution in [3.63, 3.8) is 0 Å². The molecule has 214 valence electrons. The van der Waals surface area contributed by atoms with E-state index in [0.717, 1.165) is 40.1 Å². The van der Waals surface area contributed by atoms with Gasteiger partial charge >= 0.3 is 5.97 Å². The van der Waals surface area contributed by atoms with E-state index in [1.807, 2.05) is 67.6 Å². The molecular formula is C36H35NO5. The average Bonchev–Trinajstić information content (AvgIpc) is 3.38. The van der Waals surface area contributed by atoms with Crippen LogP contribution in [0.5, 0.6) is 11.5 Å². The Morgan fingerprint density at radius 3 is 2.24 bits per heavy atom. The van der Waals surface area contributed by atoms with Gasteiger partial charge in [-0.25, -0.2) is 9.78 Å². The highest BCUT2D eigenvalue weighted by Crippen LogP contribution is 2.30. The third kappa shape index (κ3) is 7.07. The molecule has 0 saturated carbocycles. The number of hydrogen-bond donors (Lipinski definition) is 1. The summed E-state index contributed by atoms with van der Waals surface area (Å²) in [5.41, 5.74) is 4.76. The molecule has 6 heteroatoms. The number of carbonyl (C=O) groups is 1. The summed E-state index contributed by atoms with van der Waals surface area (Å²) >= 11 is 0. The Balaban J connectivity index is 1.27. The summed E-state index contributed by atoms with van der Waals surface area (Å²) in [7, 11) is 0. The monoisotopic (exact) mass is 561 g/mol. The first-order valence-electron chi connectivity index (χ1n) is 14.1. The van der Waals surface area contributed by atoms with Crippen LogP contribution in [0.25, 0.3) is 22.6 Å². The predicted octanol–water partition coefficient (Wildman–Crippen LogP) is 7.97. The number of benzene rings is 4. The second-order valence-corrected chi connectivity index (χ2v) is 10.7. The molecule has 5 rings (SSSR count). The van der Waals surface area contributed by atoms with Crippen LogP contribution in [-0.2, 0) is 24.1 Å². The smallest absolute Gasteiger partial charge is 0.347 e. The SMILES string of the molecule is Cc1oc(-c2cccc(-c3ccccc3)c2)nc1CCOc1ccc(OC(C)(C)C(=O)O)c(CCc2ccccc2)c1. The maximum absolute atomic E-state index is 11.7. The highest BCUT2D eigenvalue weighted by atomic mass is 16.5. The van der Waals surface area contributed by atoms with Crippen molar-refractivity contribution >= 4 is 5.97 Å². The van der Waals surface area contributed by atoms with Gasteiger partial charge in [-0.2, -0.15) is 0 Å². The fraction of sp³-hybridized carbons (Fsp3) is 0.222. The molecule has 1 heterocycles. The van der Waals surface area contributed by atoms with Crippen molar-refractivity contribution in [2.75, 3.05) is 6.61 Å². The molecule has 6 nitrogen and oxygen atoms in total. The van der Waals surface area contributed by atoms with E-state index in [1.54, 1.807) is 19.9 Å². The number of nitrogens with zero attached hydrogens (tertiary/aromatic N) is 1. The highest BCUT2D eigenvalue weighted by Gasteiger charge is 2.30. The minimum atomic E-state index is -1.35. The number of rotatable bonds is 12. The molecule has 0 saturated heterocycles. The van der Waals surface area contributed by atoms with Crippen molar-refractivity contribution < 1.29 is 23.8 Å². The van der Waals surface area contributed by atoms with Gasteiger partial charge in [0.2, 0.25) is 5.89 Å². The molecule has 1 N–H and O–H groups in total. The van der Waals surface area contributed by atoms with Crippen LogP contribution < -0.4 is 9.47 Å². The van der Waals surface area contributed by atoms with Crippen molar-refractivity contribution in [3.05, 3.63) is 126 Å². The molecule has 0 aliphatic carbocycles. The molecule has 0 bridgehead atoms. The molecule has 42 heavy (non-hydrogen) atoms. The van der Waals surface area contributed by atoms with Gasteiger partial charge in [-0.15, -0.1) is 0 Å². The molecule has 0 spiro atoms. The van der Waals surface area contributed by atoms with Crippen LogP contribution in [0, 0.1) is 6.92 Å². The van der Waals surface area contributed by atoms with Gasteiger partial charge in [0.1, 0.15) is 17.3 Å². The maximum Gasteiger partial charge on any atom is 0.347 e. The fourth-order valence-corrected chi connectivity index (χ4v) is 4.69. The van der Waals surface area contributed by atoms with Crippen LogP contribution in [0.1, 0.15) is 36.4 Å². The molecule has 0 amide bonds. The van der Waals surface area contributed by atoms with Crippen LogP contribution >= 0.6 is 0 Å². The van der Waals surface area contributed by atoms with Crippen LogP contribution in [-0.4, -0.2) is 28.3 Å². The summed E-state index contributed by atoms with van der Waals surface area (Å²) in [5.74, 6) is 1.56. The number of carboxylic acids is 1. The van der Waals surface area contributed by atoms with Crippen molar-refractivity contribution in [2.24, 2.45) is 0 Å². The molecule has 0 aliphatic rings. The third-order valence-electron chi connectivity index (χ3n) is 7.15. The van der Waals surface area contributed by atoms with Gasteiger partial charge in [-0.1, -0.05) is 72.8 Å². The van der Waals surface area contributed by atoms with Crippen LogP contribution in [0.2, 0.25) is 0 Å². The van der Waals surface area contributed by atoms with Gasteiger partial charge in [0.25, 0.3) is 0 Å². The first kappa shape index (κ1) is 28.7. The number of ether oxygens (including phenoxy) is 2. The molecule has 1 aromatic heterocycles. The predicted molar refractivity (Wildman–Crippen MR) is 164 cm³/mol. The number of aliphatic carboxylic acids is 1. The molecule has 0 fully saturated rings. The van der Waals surface area contributed by atoms with Crippen LogP contribution in [0.3, 0.4) is 0 Å². The number of aromatic nitrogens is 1. The van der Waals surface area contributed by atoms with Gasteiger partial charge in [-0.3, -0.25) is 0 Å². The van der Waals surface area contributed by atoms with Crippen molar-refractivity contribution in [1.29, 1.82) is 0 Å². The normalized spacial score (nSPS) is 11.3. The van der Waals surface area contributed by atoms with Crippen molar-refractivity contribution in [3.8, 4) is 34.1 Å². The highest BCUT2D eigenvalue weighted by molar-refractivity contribution is 5.77. The Hall–Kier alpha value is -4.84. The Labute approximate surface area is 246 Å². The summed E-state index contributed by atoms with van der Waals surface area (Å²) in [6, 6.07) is 34.1. The van der Waals surface area contributed by atoms with Crippen LogP contribution in [0.15, 0.2) is 108 Å². The van der Waals surface area contributed by atoms with Crippen molar-refractivity contribution in [1.82, 2.24) is 4.98 Å². The quantitative estimate of drug-likeness (QED) is 0.166. The second kappa shape index (κ2) is 12.8. The number of aryl methyl sites for hydroxylation is 3. The van der Waals surface area contributed by atoms with E-state index in [9.17, 15) is 9.90 Å². The molecule has 0 unspecified atom stereocenters. The molecule has 4 aromatic carbocycles. The van der Waals surface area contributed by atoms with Gasteiger partial charge in [0, 0.05) is 12.0 Å². The molecule has 0 atom stereocenters. The zero-order chi connectivity index (χ0) is 29.5. The largest absolute Gasteiger partial charge is 0.493 e. The van der Waals surface area contributed by atoms with Gasteiger partial charge in [0.05, 0.1) is 12.3 Å². The lowest BCUT2D eigenvalue weighted by Gasteiger charge is -2.24. The first-order valence-corrected chi connectivity index (χ1v) is 14.1. The van der Waals surface area contributed by atoms with E-state index in [0.29, 0.717) is 36.8 Å². The van der Waals surface area contributed by atoms with E-state index in [2.05, 4.69) is 36.4 Å². The third-order valence-corrected chi connectivity index (χ3v) is 7.15. The summed E-state index contributed by atoms with van der Waals surface area (Å²) in [4.78, 5) is 16.5. The summed E-state index contributed by atoms with van der Waals surface area (Å²) in [5, 5.41) is 9.58. The zero-order valence-electron chi connectivity index (χ0n) is 24.2. The topological polar surface area (TPSA) is 81.8 Å². The van der Waals surface area contributed by atoms with E-state index >= 15 is 0 Å². The van der Waals surface area contributed by atoms with Crippen LogP contribution in [0.4, 0.5) is 0 Å². The zero-order valence-corrected chi connectivity index (χ0v) is 24.2. The Morgan fingerprint density at radius 1 is 0.810 bits per heavy atom. The van der Waals surface area contributed by atoms with Gasteiger partial charge in [0.15, 0.2) is 5.60 Å². The lowest BCUT2D eigenvalue weighted by atomic mass is 10.0. The Kier molecular flexibility index (Phi) is 8.72. The van der Waals surface area contributed by atoms with E-state index in [4.69, 9.17) is 18.9 Å². The van der Waals surface area contributed by atoms with E-state index < -0.39 is 11.6 Å². The lowest BCUT2D eigenvalue weighted by molar-refractivity contribution is -0.152. The average molecular weight is 562 g/mol. The van der Waals surface area contributed by atoms with E-state index in [-0.39, 0.29) is 0 Å².